The molecule has 0 unspecified atom stereocenters. The molecular weight excluding hydrogens is 410 g/mol. The lowest BCUT2D eigenvalue weighted by atomic mass is 9.83. The fraction of sp³-hybridized carbons (Fsp3) is 0.273. The molecule has 0 aromatic heterocycles. The van der Waals surface area contributed by atoms with Crippen LogP contribution in [0.1, 0.15) is 61.1 Å². The summed E-state index contributed by atoms with van der Waals surface area (Å²) in [7, 11) is 0. The second-order valence-electron chi connectivity index (χ2n) is 9.68. The fourth-order valence-electron chi connectivity index (χ4n) is 5.00. The molecular formula is C33H39N. The molecule has 0 heterocycles. The van der Waals surface area contributed by atoms with Crippen LogP contribution in [0.4, 0.5) is 17.1 Å². The van der Waals surface area contributed by atoms with Gasteiger partial charge in [0.2, 0.25) is 0 Å². The molecule has 0 spiro atoms. The molecule has 1 aliphatic carbocycles. The quantitative estimate of drug-likeness (QED) is 0.383. The summed E-state index contributed by atoms with van der Waals surface area (Å²) < 4.78 is 0. The number of benzene rings is 3. The highest BCUT2D eigenvalue weighted by Gasteiger charge is 2.37. The van der Waals surface area contributed by atoms with E-state index in [1.807, 2.05) is 19.9 Å². The van der Waals surface area contributed by atoms with Crippen LogP contribution in [-0.2, 0) is 5.41 Å². The molecule has 0 atom stereocenters. The van der Waals surface area contributed by atoms with E-state index in [9.17, 15) is 0 Å². The molecule has 0 fully saturated rings. The molecule has 0 N–H and O–H groups in total. The summed E-state index contributed by atoms with van der Waals surface area (Å²) in [5, 5.41) is 0. The normalized spacial score (nSPS) is 14.9. The Hall–Kier alpha value is -3.32. The molecule has 3 aromatic carbocycles. The van der Waals surface area contributed by atoms with E-state index in [4.69, 9.17) is 0 Å². The van der Waals surface area contributed by atoms with Crippen molar-refractivity contribution in [3.8, 4) is 0 Å². The van der Waals surface area contributed by atoms with E-state index in [1.54, 1.807) is 0 Å². The van der Waals surface area contributed by atoms with Crippen LogP contribution >= 0.6 is 0 Å². The van der Waals surface area contributed by atoms with Crippen molar-refractivity contribution >= 4 is 22.6 Å². The number of rotatable bonds is 4. The Kier molecular flexibility index (Phi) is 7.36. The number of allylic oxidation sites excluding steroid dienone is 4. The molecule has 1 heteroatoms. The Morgan fingerprint density at radius 3 is 1.62 bits per heavy atom. The standard InChI is InChI=1S/C31H33N.C2H6/c1-9-10-28-24(6)31(7,8)30-19-25(11-12-29(28)30)32(26-15-20(2)13-21(3)16-26)27-17-22(4)14-23(5)18-27;1-2/h9-19H,1,6H2,2-5,7-8H3;1-2H3/b28-10+;. The van der Waals surface area contributed by atoms with E-state index in [-0.39, 0.29) is 5.41 Å². The first kappa shape index (κ1) is 25.3. The number of nitrogens with zero attached hydrogens (tertiary/aromatic N) is 1. The number of fused-ring (bicyclic) bond motifs is 1. The van der Waals surface area contributed by atoms with Crippen LogP contribution in [0.2, 0.25) is 0 Å². The predicted molar refractivity (Wildman–Crippen MR) is 152 cm³/mol. The highest BCUT2D eigenvalue weighted by atomic mass is 15.1. The lowest BCUT2D eigenvalue weighted by Crippen LogP contribution is -2.16. The first-order valence-electron chi connectivity index (χ1n) is 12.3. The summed E-state index contributed by atoms with van der Waals surface area (Å²) >= 11 is 0. The number of hydrogen-bond donors (Lipinski definition) is 0. The van der Waals surface area contributed by atoms with E-state index in [1.165, 1.54) is 56.0 Å². The van der Waals surface area contributed by atoms with E-state index < -0.39 is 0 Å². The molecule has 4 rings (SSSR count). The van der Waals surface area contributed by atoms with Gasteiger partial charge < -0.3 is 4.90 Å². The van der Waals surface area contributed by atoms with Gasteiger partial charge in [0, 0.05) is 22.5 Å². The average molecular weight is 450 g/mol. The van der Waals surface area contributed by atoms with E-state index in [2.05, 4.69) is 120 Å². The van der Waals surface area contributed by atoms with Crippen molar-refractivity contribution in [3.63, 3.8) is 0 Å². The Morgan fingerprint density at radius 2 is 1.18 bits per heavy atom. The zero-order valence-electron chi connectivity index (χ0n) is 22.2. The van der Waals surface area contributed by atoms with Crippen molar-refractivity contribution in [3.05, 3.63) is 119 Å². The van der Waals surface area contributed by atoms with Crippen LogP contribution in [-0.4, -0.2) is 0 Å². The van der Waals surface area contributed by atoms with Gasteiger partial charge in [-0.25, -0.2) is 0 Å². The summed E-state index contributed by atoms with van der Waals surface area (Å²) in [5.74, 6) is 0. The van der Waals surface area contributed by atoms with Crippen molar-refractivity contribution in [1.82, 2.24) is 0 Å². The molecule has 0 aliphatic heterocycles. The molecule has 34 heavy (non-hydrogen) atoms. The molecule has 0 saturated heterocycles. The maximum atomic E-state index is 4.43. The number of hydrogen-bond acceptors (Lipinski definition) is 1. The van der Waals surface area contributed by atoms with Gasteiger partial charge >= 0.3 is 0 Å². The third kappa shape index (κ3) is 4.66. The van der Waals surface area contributed by atoms with Crippen LogP contribution in [0, 0.1) is 27.7 Å². The maximum absolute atomic E-state index is 4.43. The van der Waals surface area contributed by atoms with Gasteiger partial charge in [0.15, 0.2) is 0 Å². The maximum Gasteiger partial charge on any atom is 0.0466 e. The molecule has 0 saturated carbocycles. The zero-order chi connectivity index (χ0) is 25.2. The molecule has 1 aliphatic rings. The van der Waals surface area contributed by atoms with Gasteiger partial charge in [0.25, 0.3) is 0 Å². The van der Waals surface area contributed by atoms with Gasteiger partial charge in [0.05, 0.1) is 0 Å². The molecule has 1 nitrogen and oxygen atoms in total. The summed E-state index contributed by atoms with van der Waals surface area (Å²) in [6, 6.07) is 20.4. The summed E-state index contributed by atoms with van der Waals surface area (Å²) in [4.78, 5) is 2.38. The molecule has 0 radical (unpaired) electrons. The van der Waals surface area contributed by atoms with Crippen molar-refractivity contribution in [2.24, 2.45) is 0 Å². The first-order valence-corrected chi connectivity index (χ1v) is 12.3. The van der Waals surface area contributed by atoms with Gasteiger partial charge in [-0.3, -0.25) is 0 Å². The van der Waals surface area contributed by atoms with Crippen LogP contribution in [0.15, 0.2) is 85.5 Å². The van der Waals surface area contributed by atoms with Gasteiger partial charge in [0.1, 0.15) is 0 Å². The van der Waals surface area contributed by atoms with E-state index in [0.29, 0.717) is 0 Å². The second kappa shape index (κ2) is 9.89. The minimum Gasteiger partial charge on any atom is -0.310 e. The minimum absolute atomic E-state index is 0.128. The average Bonchev–Trinajstić information content (AvgIpc) is 2.95. The number of anilines is 3. The van der Waals surface area contributed by atoms with Crippen LogP contribution in [0.3, 0.4) is 0 Å². The van der Waals surface area contributed by atoms with Gasteiger partial charge in [-0.05, 0) is 109 Å². The van der Waals surface area contributed by atoms with Crippen LogP contribution in [0.25, 0.3) is 5.57 Å². The molecule has 0 amide bonds. The lowest BCUT2D eigenvalue weighted by molar-refractivity contribution is 0.663. The largest absolute Gasteiger partial charge is 0.310 e. The van der Waals surface area contributed by atoms with Crippen molar-refractivity contribution in [2.45, 2.75) is 60.8 Å². The molecule has 176 valence electrons. The minimum atomic E-state index is -0.128. The predicted octanol–water partition coefficient (Wildman–Crippen LogP) is 9.83. The van der Waals surface area contributed by atoms with Gasteiger partial charge in [-0.2, -0.15) is 0 Å². The van der Waals surface area contributed by atoms with E-state index >= 15 is 0 Å². The summed E-state index contributed by atoms with van der Waals surface area (Å²) in [6.45, 7) is 25.5. The summed E-state index contributed by atoms with van der Waals surface area (Å²) in [5.41, 5.74) is 13.4. The number of aryl methyl sites for hydroxylation is 4. The summed E-state index contributed by atoms with van der Waals surface area (Å²) in [6.07, 6.45) is 3.94. The third-order valence-corrected chi connectivity index (χ3v) is 6.52. The highest BCUT2D eigenvalue weighted by Crippen LogP contribution is 2.50. The monoisotopic (exact) mass is 449 g/mol. The Balaban J connectivity index is 0.00000158. The van der Waals surface area contributed by atoms with Crippen LogP contribution in [0.5, 0.6) is 0 Å². The van der Waals surface area contributed by atoms with Crippen molar-refractivity contribution < 1.29 is 0 Å². The second-order valence-corrected chi connectivity index (χ2v) is 9.68. The third-order valence-electron chi connectivity index (χ3n) is 6.52. The first-order chi connectivity index (χ1) is 16.1. The Labute approximate surface area is 207 Å². The topological polar surface area (TPSA) is 3.24 Å². The lowest BCUT2D eigenvalue weighted by Gasteiger charge is -2.29. The van der Waals surface area contributed by atoms with Crippen LogP contribution < -0.4 is 4.90 Å². The molecule has 0 bridgehead atoms. The fourth-order valence-corrected chi connectivity index (χ4v) is 5.00. The van der Waals surface area contributed by atoms with Gasteiger partial charge in [-0.1, -0.05) is 71.2 Å². The Bertz CT molecular complexity index is 1180. The van der Waals surface area contributed by atoms with Crippen molar-refractivity contribution in [1.29, 1.82) is 0 Å². The Morgan fingerprint density at radius 1 is 0.706 bits per heavy atom. The molecule has 3 aromatic rings. The van der Waals surface area contributed by atoms with Gasteiger partial charge in [-0.15, -0.1) is 0 Å². The van der Waals surface area contributed by atoms with E-state index in [0.717, 1.165) is 5.57 Å². The smallest absolute Gasteiger partial charge is 0.0466 e. The SMILES string of the molecule is C=C/C=C1\C(=C)C(C)(C)c2cc(N(c3cc(C)cc(C)c3)c3cc(C)cc(C)c3)ccc21.CC. The van der Waals surface area contributed by atoms with Crippen molar-refractivity contribution in [2.75, 3.05) is 4.90 Å². The highest BCUT2D eigenvalue weighted by molar-refractivity contribution is 5.91. The zero-order valence-corrected chi connectivity index (χ0v) is 22.2.